The van der Waals surface area contributed by atoms with Crippen LogP contribution in [0.5, 0.6) is 0 Å². The van der Waals surface area contributed by atoms with Crippen molar-refractivity contribution < 1.29 is 13.6 Å². The van der Waals surface area contributed by atoms with Crippen LogP contribution in [-0.4, -0.2) is 15.7 Å². The Hall–Kier alpha value is -3.02. The monoisotopic (exact) mass is 327 g/mol. The van der Waals surface area contributed by atoms with Gasteiger partial charge in [-0.2, -0.15) is 5.10 Å². The van der Waals surface area contributed by atoms with Crippen LogP contribution < -0.4 is 5.32 Å². The van der Waals surface area contributed by atoms with Crippen LogP contribution in [0.3, 0.4) is 0 Å². The van der Waals surface area contributed by atoms with E-state index in [9.17, 15) is 13.6 Å². The third kappa shape index (κ3) is 3.48. The Bertz CT molecular complexity index is 872. The number of halogens is 2. The fourth-order valence-corrected chi connectivity index (χ4v) is 2.31. The number of hydrogen-bond donors (Lipinski definition) is 1. The number of amides is 1. The smallest absolute Gasteiger partial charge is 0.256 e. The standard InChI is InChI=1S/C18H15F2N3O/c1-12-10-17(21-18(24)13-6-8-15(19)9-7-13)22-23(12)11-14-4-2-3-5-16(14)20/h2-10H,11H2,1H3,(H,21,22,24). The first kappa shape index (κ1) is 15.9. The molecule has 0 bridgehead atoms. The van der Waals surface area contributed by atoms with E-state index in [4.69, 9.17) is 0 Å². The first-order valence-electron chi connectivity index (χ1n) is 7.38. The third-order valence-corrected chi connectivity index (χ3v) is 3.61. The Labute approximate surface area is 137 Å². The van der Waals surface area contributed by atoms with Crippen molar-refractivity contribution in [2.75, 3.05) is 5.32 Å². The van der Waals surface area contributed by atoms with Gasteiger partial charge in [0.15, 0.2) is 5.82 Å². The summed E-state index contributed by atoms with van der Waals surface area (Å²) in [5.74, 6) is -0.732. The minimum atomic E-state index is -0.406. The van der Waals surface area contributed by atoms with Crippen molar-refractivity contribution in [3.05, 3.63) is 83.1 Å². The molecule has 0 unspecified atom stereocenters. The molecule has 1 amide bonds. The predicted molar refractivity (Wildman–Crippen MR) is 86.8 cm³/mol. The van der Waals surface area contributed by atoms with E-state index < -0.39 is 5.82 Å². The molecule has 0 aliphatic carbocycles. The van der Waals surface area contributed by atoms with Crippen LogP contribution >= 0.6 is 0 Å². The molecule has 1 aromatic heterocycles. The van der Waals surface area contributed by atoms with Crippen LogP contribution in [0.1, 0.15) is 21.6 Å². The van der Waals surface area contributed by atoms with Gasteiger partial charge in [-0.05, 0) is 37.3 Å². The Balaban J connectivity index is 1.75. The number of benzene rings is 2. The van der Waals surface area contributed by atoms with Gasteiger partial charge in [-0.25, -0.2) is 8.78 Å². The van der Waals surface area contributed by atoms with Crippen LogP contribution in [-0.2, 0) is 6.54 Å². The molecule has 0 saturated heterocycles. The summed E-state index contributed by atoms with van der Waals surface area (Å²) < 4.78 is 28.2. The Morgan fingerprint density at radius 1 is 1.12 bits per heavy atom. The number of carbonyl (C=O) groups excluding carboxylic acids is 1. The van der Waals surface area contributed by atoms with Crippen LogP contribution in [0, 0.1) is 18.6 Å². The molecule has 0 atom stereocenters. The lowest BCUT2D eigenvalue weighted by Gasteiger charge is -2.05. The van der Waals surface area contributed by atoms with Gasteiger partial charge < -0.3 is 5.32 Å². The number of nitrogens with one attached hydrogen (secondary N) is 1. The van der Waals surface area contributed by atoms with Crippen LogP contribution in [0.4, 0.5) is 14.6 Å². The van der Waals surface area contributed by atoms with Gasteiger partial charge in [0.1, 0.15) is 11.6 Å². The van der Waals surface area contributed by atoms with Crippen molar-refractivity contribution in [1.82, 2.24) is 9.78 Å². The molecule has 0 fully saturated rings. The maximum absolute atomic E-state index is 13.7. The van der Waals surface area contributed by atoms with Gasteiger partial charge in [0.05, 0.1) is 6.54 Å². The number of rotatable bonds is 4. The SMILES string of the molecule is Cc1cc(NC(=O)c2ccc(F)cc2)nn1Cc1ccccc1F. The zero-order chi connectivity index (χ0) is 17.1. The molecule has 6 heteroatoms. The zero-order valence-electron chi connectivity index (χ0n) is 13.0. The van der Waals surface area contributed by atoms with Crippen molar-refractivity contribution in [3.63, 3.8) is 0 Å². The highest BCUT2D eigenvalue weighted by molar-refractivity contribution is 6.03. The number of hydrogen-bond acceptors (Lipinski definition) is 2. The maximum Gasteiger partial charge on any atom is 0.256 e. The van der Waals surface area contributed by atoms with Gasteiger partial charge in [0.25, 0.3) is 5.91 Å². The van der Waals surface area contributed by atoms with Crippen LogP contribution in [0.25, 0.3) is 0 Å². The highest BCUT2D eigenvalue weighted by atomic mass is 19.1. The van der Waals surface area contributed by atoms with Crippen molar-refractivity contribution in [2.45, 2.75) is 13.5 Å². The zero-order valence-corrected chi connectivity index (χ0v) is 13.0. The van der Waals surface area contributed by atoms with Gasteiger partial charge in [-0.15, -0.1) is 0 Å². The first-order chi connectivity index (χ1) is 11.5. The predicted octanol–water partition coefficient (Wildman–Crippen LogP) is 3.77. The van der Waals surface area contributed by atoms with Crippen molar-refractivity contribution in [2.24, 2.45) is 0 Å². The highest BCUT2D eigenvalue weighted by Gasteiger charge is 2.11. The summed E-state index contributed by atoms with van der Waals surface area (Å²) in [6, 6.07) is 13.4. The van der Waals surface area contributed by atoms with E-state index in [2.05, 4.69) is 10.4 Å². The molecule has 1 N–H and O–H groups in total. The van der Waals surface area contributed by atoms with E-state index in [0.29, 0.717) is 16.9 Å². The minimum Gasteiger partial charge on any atom is -0.305 e. The van der Waals surface area contributed by atoms with Crippen molar-refractivity contribution in [1.29, 1.82) is 0 Å². The molecular weight excluding hydrogens is 312 g/mol. The molecule has 0 saturated carbocycles. The third-order valence-electron chi connectivity index (χ3n) is 3.61. The summed E-state index contributed by atoms with van der Waals surface area (Å²) in [5, 5.41) is 6.93. The second kappa shape index (κ2) is 6.62. The molecule has 1 heterocycles. The van der Waals surface area contributed by atoms with E-state index >= 15 is 0 Å². The van der Waals surface area contributed by atoms with Crippen molar-refractivity contribution in [3.8, 4) is 0 Å². The minimum absolute atomic E-state index is 0.269. The average Bonchev–Trinajstić information content (AvgIpc) is 2.89. The van der Waals surface area contributed by atoms with Gasteiger partial charge in [0.2, 0.25) is 0 Å². The fourth-order valence-electron chi connectivity index (χ4n) is 2.31. The second-order valence-corrected chi connectivity index (χ2v) is 5.38. The number of anilines is 1. The molecule has 4 nitrogen and oxygen atoms in total. The molecule has 0 aliphatic rings. The van der Waals surface area contributed by atoms with Crippen LogP contribution in [0.2, 0.25) is 0 Å². The number of aryl methyl sites for hydroxylation is 1. The number of nitrogens with zero attached hydrogens (tertiary/aromatic N) is 2. The Morgan fingerprint density at radius 2 is 1.83 bits per heavy atom. The van der Waals surface area contributed by atoms with Gasteiger partial charge in [-0.1, -0.05) is 18.2 Å². The molecule has 3 aromatic rings. The Kier molecular flexibility index (Phi) is 4.37. The lowest BCUT2D eigenvalue weighted by Crippen LogP contribution is -2.13. The molecule has 24 heavy (non-hydrogen) atoms. The quantitative estimate of drug-likeness (QED) is 0.793. The van der Waals surface area contributed by atoms with E-state index in [1.54, 1.807) is 28.9 Å². The Morgan fingerprint density at radius 3 is 2.54 bits per heavy atom. The van der Waals surface area contributed by atoms with Gasteiger partial charge >= 0.3 is 0 Å². The highest BCUT2D eigenvalue weighted by Crippen LogP contribution is 2.14. The molecule has 0 spiro atoms. The topological polar surface area (TPSA) is 46.9 Å². The van der Waals surface area contributed by atoms with E-state index in [0.717, 1.165) is 5.69 Å². The normalized spacial score (nSPS) is 10.6. The summed E-state index contributed by atoms with van der Waals surface area (Å²) in [5.41, 5.74) is 1.63. The lowest BCUT2D eigenvalue weighted by molar-refractivity contribution is 0.102. The first-order valence-corrected chi connectivity index (χ1v) is 7.38. The summed E-state index contributed by atoms with van der Waals surface area (Å²) in [7, 11) is 0. The molecule has 122 valence electrons. The fraction of sp³-hybridized carbons (Fsp3) is 0.111. The molecule has 2 aromatic carbocycles. The molecule has 3 rings (SSSR count). The largest absolute Gasteiger partial charge is 0.305 e. The number of carbonyl (C=O) groups is 1. The van der Waals surface area contributed by atoms with Gasteiger partial charge in [0, 0.05) is 22.9 Å². The second-order valence-electron chi connectivity index (χ2n) is 5.38. The average molecular weight is 327 g/mol. The molecule has 0 aliphatic heterocycles. The number of aromatic nitrogens is 2. The van der Waals surface area contributed by atoms with Crippen LogP contribution in [0.15, 0.2) is 54.6 Å². The summed E-state index contributed by atoms with van der Waals surface area (Å²) >= 11 is 0. The van der Waals surface area contributed by atoms with Gasteiger partial charge in [-0.3, -0.25) is 9.48 Å². The van der Waals surface area contributed by atoms with E-state index in [-0.39, 0.29) is 18.3 Å². The van der Waals surface area contributed by atoms with Crippen molar-refractivity contribution >= 4 is 11.7 Å². The van der Waals surface area contributed by atoms with E-state index in [1.807, 2.05) is 6.92 Å². The molecular formula is C18H15F2N3O. The summed E-state index contributed by atoms with van der Waals surface area (Å²) in [6.07, 6.45) is 0. The summed E-state index contributed by atoms with van der Waals surface area (Å²) in [6.45, 7) is 2.09. The lowest BCUT2D eigenvalue weighted by atomic mass is 10.2. The van der Waals surface area contributed by atoms with E-state index in [1.165, 1.54) is 30.3 Å². The maximum atomic E-state index is 13.7. The molecule has 0 radical (unpaired) electrons. The summed E-state index contributed by atoms with van der Waals surface area (Å²) in [4.78, 5) is 12.1.